The third-order valence-corrected chi connectivity index (χ3v) is 4.68. The molecule has 9 heteroatoms. The fraction of sp³-hybridized carbons (Fsp3) is 0.556. The monoisotopic (exact) mass is 378 g/mol. The predicted octanol–water partition coefficient (Wildman–Crippen LogP) is 0.297. The lowest BCUT2D eigenvalue weighted by atomic mass is 10.0. The van der Waals surface area contributed by atoms with Crippen molar-refractivity contribution in [2.24, 2.45) is 11.7 Å². The molecule has 27 heavy (non-hydrogen) atoms. The number of methoxy groups -OCH3 is 1. The molecule has 0 saturated heterocycles. The second-order valence-electron chi connectivity index (χ2n) is 6.53. The standard InChI is InChI=1S/C18H26N4O5/c1-27-11-7-9-20-15(10-11)17(24)22-14(6-3-8-19)16(23)21-13-5-2-4-12(13)18(25)26/h7,9-10,12-14H,2-6,8,19H2,1H3,(H,21,23)(H,22,24)(H,25,26)/t12-,13+,14+/m1/s1. The number of carboxylic acid groups (broad SMARTS) is 1. The number of hydrogen-bond donors (Lipinski definition) is 4. The summed E-state index contributed by atoms with van der Waals surface area (Å²) in [4.78, 5) is 40.4. The Morgan fingerprint density at radius 1 is 1.41 bits per heavy atom. The van der Waals surface area contributed by atoms with E-state index in [1.165, 1.54) is 19.4 Å². The van der Waals surface area contributed by atoms with Gasteiger partial charge in [-0.3, -0.25) is 19.4 Å². The highest BCUT2D eigenvalue weighted by atomic mass is 16.5. The summed E-state index contributed by atoms with van der Waals surface area (Å²) < 4.78 is 5.07. The number of nitrogens with one attached hydrogen (secondary N) is 2. The molecule has 1 saturated carbocycles. The van der Waals surface area contributed by atoms with E-state index >= 15 is 0 Å². The summed E-state index contributed by atoms with van der Waals surface area (Å²) in [6, 6.07) is 1.85. The zero-order valence-corrected chi connectivity index (χ0v) is 15.3. The molecular weight excluding hydrogens is 352 g/mol. The maximum Gasteiger partial charge on any atom is 0.308 e. The molecule has 1 aromatic rings. The smallest absolute Gasteiger partial charge is 0.308 e. The van der Waals surface area contributed by atoms with Gasteiger partial charge in [0.1, 0.15) is 17.5 Å². The van der Waals surface area contributed by atoms with Crippen molar-refractivity contribution in [3.8, 4) is 5.75 Å². The van der Waals surface area contributed by atoms with E-state index in [4.69, 9.17) is 10.5 Å². The molecule has 0 bridgehead atoms. The first-order valence-corrected chi connectivity index (χ1v) is 9.00. The molecule has 2 rings (SSSR count). The molecule has 1 aliphatic carbocycles. The first-order valence-electron chi connectivity index (χ1n) is 9.00. The number of rotatable bonds is 9. The summed E-state index contributed by atoms with van der Waals surface area (Å²) in [5, 5.41) is 14.7. The van der Waals surface area contributed by atoms with Crippen molar-refractivity contribution in [2.75, 3.05) is 13.7 Å². The van der Waals surface area contributed by atoms with Crippen LogP contribution < -0.4 is 21.1 Å². The highest BCUT2D eigenvalue weighted by Gasteiger charge is 2.35. The van der Waals surface area contributed by atoms with E-state index < -0.39 is 35.8 Å². The molecule has 148 valence electrons. The fourth-order valence-corrected chi connectivity index (χ4v) is 3.20. The molecule has 0 radical (unpaired) electrons. The Kier molecular flexibility index (Phi) is 7.54. The van der Waals surface area contributed by atoms with E-state index in [9.17, 15) is 19.5 Å². The molecule has 9 nitrogen and oxygen atoms in total. The van der Waals surface area contributed by atoms with Crippen molar-refractivity contribution in [1.29, 1.82) is 0 Å². The van der Waals surface area contributed by atoms with Crippen LogP contribution in [0, 0.1) is 5.92 Å². The average molecular weight is 378 g/mol. The van der Waals surface area contributed by atoms with Gasteiger partial charge in [0.15, 0.2) is 0 Å². The number of carbonyl (C=O) groups is 3. The number of hydrogen-bond acceptors (Lipinski definition) is 6. The van der Waals surface area contributed by atoms with E-state index in [2.05, 4.69) is 15.6 Å². The van der Waals surface area contributed by atoms with Gasteiger partial charge in [0, 0.05) is 18.3 Å². The van der Waals surface area contributed by atoms with Crippen LogP contribution in [0.2, 0.25) is 0 Å². The normalized spacial score (nSPS) is 19.9. The van der Waals surface area contributed by atoms with E-state index in [1.807, 2.05) is 0 Å². The largest absolute Gasteiger partial charge is 0.497 e. The van der Waals surface area contributed by atoms with Crippen LogP contribution in [0.1, 0.15) is 42.6 Å². The Morgan fingerprint density at radius 2 is 2.19 bits per heavy atom. The van der Waals surface area contributed by atoms with E-state index in [-0.39, 0.29) is 5.69 Å². The summed E-state index contributed by atoms with van der Waals surface area (Å²) in [5.41, 5.74) is 5.66. The number of aromatic nitrogens is 1. The average Bonchev–Trinajstić information content (AvgIpc) is 3.13. The van der Waals surface area contributed by atoms with Crippen molar-refractivity contribution >= 4 is 17.8 Å². The van der Waals surface area contributed by atoms with Gasteiger partial charge in [-0.2, -0.15) is 0 Å². The number of amides is 2. The van der Waals surface area contributed by atoms with E-state index in [0.717, 1.165) is 6.42 Å². The lowest BCUT2D eigenvalue weighted by Gasteiger charge is -2.23. The summed E-state index contributed by atoms with van der Waals surface area (Å²) >= 11 is 0. The topological polar surface area (TPSA) is 144 Å². The summed E-state index contributed by atoms with van der Waals surface area (Å²) in [6.45, 7) is 0.373. The molecule has 5 N–H and O–H groups in total. The summed E-state index contributed by atoms with van der Waals surface area (Å²) in [5.74, 6) is -1.95. The molecule has 1 aliphatic rings. The lowest BCUT2D eigenvalue weighted by Crippen LogP contribution is -2.51. The van der Waals surface area contributed by atoms with Crippen molar-refractivity contribution in [3.05, 3.63) is 24.0 Å². The molecule has 1 heterocycles. The van der Waals surface area contributed by atoms with Gasteiger partial charge >= 0.3 is 5.97 Å². The number of carbonyl (C=O) groups excluding carboxylic acids is 2. The van der Waals surface area contributed by atoms with Gasteiger partial charge < -0.3 is 26.2 Å². The predicted molar refractivity (Wildman–Crippen MR) is 97.2 cm³/mol. The maximum absolute atomic E-state index is 12.7. The minimum Gasteiger partial charge on any atom is -0.497 e. The highest BCUT2D eigenvalue weighted by molar-refractivity contribution is 5.96. The number of nitrogens with two attached hydrogens (primary N) is 1. The van der Waals surface area contributed by atoms with Gasteiger partial charge in [0.25, 0.3) is 5.91 Å². The minimum absolute atomic E-state index is 0.129. The Bertz CT molecular complexity index is 681. The second kappa shape index (κ2) is 9.86. The van der Waals surface area contributed by atoms with Crippen LogP contribution in [-0.2, 0) is 9.59 Å². The van der Waals surface area contributed by atoms with Crippen LogP contribution >= 0.6 is 0 Å². The molecule has 1 fully saturated rings. The van der Waals surface area contributed by atoms with Crippen LogP contribution in [-0.4, -0.2) is 53.6 Å². The van der Waals surface area contributed by atoms with Gasteiger partial charge in [-0.15, -0.1) is 0 Å². The van der Waals surface area contributed by atoms with E-state index in [1.54, 1.807) is 6.07 Å². The number of aliphatic carboxylic acids is 1. The number of ether oxygens (including phenoxy) is 1. The Morgan fingerprint density at radius 3 is 2.85 bits per heavy atom. The molecule has 0 spiro atoms. The van der Waals surface area contributed by atoms with Gasteiger partial charge in [-0.1, -0.05) is 6.42 Å². The Hall–Kier alpha value is -2.68. The first kappa shape index (κ1) is 20.6. The molecule has 0 aromatic carbocycles. The molecule has 0 aliphatic heterocycles. The highest BCUT2D eigenvalue weighted by Crippen LogP contribution is 2.26. The minimum atomic E-state index is -0.916. The molecule has 1 aromatic heterocycles. The maximum atomic E-state index is 12.7. The van der Waals surface area contributed by atoms with Gasteiger partial charge in [-0.25, -0.2) is 0 Å². The summed E-state index contributed by atoms with van der Waals surface area (Å²) in [7, 11) is 1.48. The third kappa shape index (κ3) is 5.65. The molecule has 3 atom stereocenters. The number of carboxylic acids is 1. The first-order chi connectivity index (χ1) is 13.0. The molecule has 2 amide bonds. The van der Waals surface area contributed by atoms with Gasteiger partial charge in [0.2, 0.25) is 5.91 Å². The van der Waals surface area contributed by atoms with Crippen molar-refractivity contribution in [2.45, 2.75) is 44.2 Å². The third-order valence-electron chi connectivity index (χ3n) is 4.68. The lowest BCUT2D eigenvalue weighted by molar-refractivity contribution is -0.142. The van der Waals surface area contributed by atoms with Crippen LogP contribution in [0.4, 0.5) is 0 Å². The fourth-order valence-electron chi connectivity index (χ4n) is 3.20. The van der Waals surface area contributed by atoms with Crippen LogP contribution in [0.15, 0.2) is 18.3 Å². The summed E-state index contributed by atoms with van der Waals surface area (Å²) in [6.07, 6.45) is 4.22. The van der Waals surface area contributed by atoms with Crippen molar-refractivity contribution in [1.82, 2.24) is 15.6 Å². The van der Waals surface area contributed by atoms with Crippen molar-refractivity contribution in [3.63, 3.8) is 0 Å². The van der Waals surface area contributed by atoms with Gasteiger partial charge in [-0.05, 0) is 38.3 Å². The Balaban J connectivity index is 2.05. The van der Waals surface area contributed by atoms with Crippen LogP contribution in [0.25, 0.3) is 0 Å². The SMILES string of the molecule is COc1ccnc(C(=O)N[C@@H](CCCN)C(=O)N[C@H]2CCC[C@H]2C(=O)O)c1. The number of pyridine rings is 1. The van der Waals surface area contributed by atoms with Crippen LogP contribution in [0.3, 0.4) is 0 Å². The zero-order valence-electron chi connectivity index (χ0n) is 15.3. The second-order valence-corrected chi connectivity index (χ2v) is 6.53. The molecule has 0 unspecified atom stereocenters. The zero-order chi connectivity index (χ0) is 19.8. The Labute approximate surface area is 157 Å². The van der Waals surface area contributed by atoms with Crippen molar-refractivity contribution < 1.29 is 24.2 Å². The molecular formula is C18H26N4O5. The quantitative estimate of drug-likeness (QED) is 0.484. The van der Waals surface area contributed by atoms with Gasteiger partial charge in [0.05, 0.1) is 13.0 Å². The van der Waals surface area contributed by atoms with Crippen LogP contribution in [0.5, 0.6) is 5.75 Å². The van der Waals surface area contributed by atoms with E-state index in [0.29, 0.717) is 38.0 Å². The number of nitrogens with zero attached hydrogens (tertiary/aromatic N) is 1.